The molecule has 1 aliphatic rings. The zero-order valence-electron chi connectivity index (χ0n) is 11.2. The Morgan fingerprint density at radius 2 is 2.06 bits per heavy atom. The summed E-state index contributed by atoms with van der Waals surface area (Å²) in [6, 6.07) is 0. The third-order valence-corrected chi connectivity index (χ3v) is 2.91. The lowest BCUT2D eigenvalue weighted by Crippen LogP contribution is -2.26. The summed E-state index contributed by atoms with van der Waals surface area (Å²) >= 11 is 0. The second-order valence-electron chi connectivity index (χ2n) is 5.68. The van der Waals surface area contributed by atoms with Crippen molar-refractivity contribution in [1.82, 2.24) is 5.32 Å². The van der Waals surface area contributed by atoms with Gasteiger partial charge in [0.05, 0.1) is 5.41 Å². The van der Waals surface area contributed by atoms with Crippen molar-refractivity contribution >= 4 is 17.7 Å². The Morgan fingerprint density at radius 1 is 1.39 bits per heavy atom. The normalized spacial score (nSPS) is 19.5. The molecule has 1 saturated heterocycles. The van der Waals surface area contributed by atoms with Crippen LogP contribution in [-0.2, 0) is 19.1 Å². The highest BCUT2D eigenvalue weighted by molar-refractivity contribution is 5.85. The van der Waals surface area contributed by atoms with Gasteiger partial charge in [0.15, 0.2) is 5.78 Å². The Bertz CT molecular complexity index is 343. The van der Waals surface area contributed by atoms with Crippen LogP contribution in [0.2, 0.25) is 0 Å². The van der Waals surface area contributed by atoms with Crippen LogP contribution in [-0.4, -0.2) is 30.8 Å². The third kappa shape index (κ3) is 4.47. The summed E-state index contributed by atoms with van der Waals surface area (Å²) in [7, 11) is 0. The Hall–Kier alpha value is -1.39. The van der Waals surface area contributed by atoms with E-state index in [-0.39, 0.29) is 36.6 Å². The Balaban J connectivity index is 2.22. The average Bonchev–Trinajstić information content (AvgIpc) is 2.67. The van der Waals surface area contributed by atoms with Crippen molar-refractivity contribution in [3.8, 4) is 0 Å². The summed E-state index contributed by atoms with van der Waals surface area (Å²) in [5.74, 6) is -0.552. The number of carbonyl (C=O) groups excluding carboxylic acids is 3. The van der Waals surface area contributed by atoms with Crippen LogP contribution in [0, 0.1) is 11.3 Å². The first kappa shape index (κ1) is 14.7. The molecule has 1 heterocycles. The van der Waals surface area contributed by atoms with Crippen LogP contribution in [0.15, 0.2) is 0 Å². The highest BCUT2D eigenvalue weighted by atomic mass is 16.5. The number of nitrogens with one attached hydrogen (secondary N) is 1. The molecule has 102 valence electrons. The molecule has 0 aliphatic carbocycles. The van der Waals surface area contributed by atoms with Crippen LogP contribution < -0.4 is 5.32 Å². The summed E-state index contributed by atoms with van der Waals surface area (Å²) in [5.41, 5.74) is -0.592. The van der Waals surface area contributed by atoms with Gasteiger partial charge in [-0.1, -0.05) is 0 Å². The standard InChI is InChI=1S/C13H21NO4/c1-13(2,3)12(17)18-8-10(15)5-4-9-6-7-14-11(9)16/h9H,4-8H2,1-3H3,(H,14,16)/t9-/m0/s1. The highest BCUT2D eigenvalue weighted by Gasteiger charge is 2.26. The van der Waals surface area contributed by atoms with Crippen LogP contribution in [0.3, 0.4) is 0 Å². The topological polar surface area (TPSA) is 72.5 Å². The highest BCUT2D eigenvalue weighted by Crippen LogP contribution is 2.17. The maximum absolute atomic E-state index is 11.5. The second kappa shape index (κ2) is 5.98. The van der Waals surface area contributed by atoms with Gasteiger partial charge < -0.3 is 10.1 Å². The molecular formula is C13H21NO4. The van der Waals surface area contributed by atoms with Gasteiger partial charge >= 0.3 is 5.97 Å². The molecule has 0 aromatic rings. The molecule has 1 atom stereocenters. The molecule has 0 bridgehead atoms. The largest absolute Gasteiger partial charge is 0.457 e. The van der Waals surface area contributed by atoms with E-state index in [1.165, 1.54) is 0 Å². The lowest BCUT2D eigenvalue weighted by molar-refractivity contribution is -0.156. The van der Waals surface area contributed by atoms with Crippen molar-refractivity contribution in [3.63, 3.8) is 0 Å². The number of esters is 1. The van der Waals surface area contributed by atoms with Gasteiger partial charge in [0, 0.05) is 18.9 Å². The van der Waals surface area contributed by atoms with E-state index in [2.05, 4.69) is 5.32 Å². The zero-order chi connectivity index (χ0) is 13.8. The molecular weight excluding hydrogens is 234 g/mol. The van der Waals surface area contributed by atoms with Crippen molar-refractivity contribution in [3.05, 3.63) is 0 Å². The van der Waals surface area contributed by atoms with Crippen molar-refractivity contribution in [2.24, 2.45) is 11.3 Å². The van der Waals surface area contributed by atoms with Gasteiger partial charge in [-0.2, -0.15) is 0 Å². The van der Waals surface area contributed by atoms with Crippen molar-refractivity contribution < 1.29 is 19.1 Å². The SMILES string of the molecule is CC(C)(C)C(=O)OCC(=O)CC[C@H]1CCNC1=O. The van der Waals surface area contributed by atoms with E-state index < -0.39 is 5.41 Å². The summed E-state index contributed by atoms with van der Waals surface area (Å²) in [4.78, 5) is 34.2. The number of ketones is 1. The second-order valence-corrected chi connectivity index (χ2v) is 5.68. The monoisotopic (exact) mass is 255 g/mol. The van der Waals surface area contributed by atoms with Crippen molar-refractivity contribution in [2.45, 2.75) is 40.0 Å². The van der Waals surface area contributed by atoms with Crippen molar-refractivity contribution in [1.29, 1.82) is 0 Å². The molecule has 18 heavy (non-hydrogen) atoms. The van der Waals surface area contributed by atoms with Crippen LogP contribution >= 0.6 is 0 Å². The lowest BCUT2D eigenvalue weighted by Gasteiger charge is -2.16. The minimum absolute atomic E-state index is 0.0227. The first-order chi connectivity index (χ1) is 8.30. The predicted molar refractivity (Wildman–Crippen MR) is 65.8 cm³/mol. The summed E-state index contributed by atoms with van der Waals surface area (Å²) in [6.45, 7) is 5.72. The molecule has 0 unspecified atom stereocenters. The molecule has 1 amide bonds. The Kier molecular flexibility index (Phi) is 4.87. The fourth-order valence-corrected chi connectivity index (χ4v) is 1.69. The van der Waals surface area contributed by atoms with Gasteiger partial charge in [-0.05, 0) is 33.6 Å². The molecule has 1 fully saturated rings. The quantitative estimate of drug-likeness (QED) is 0.746. The number of carbonyl (C=O) groups is 3. The molecule has 0 radical (unpaired) electrons. The van der Waals surface area contributed by atoms with Gasteiger partial charge in [-0.25, -0.2) is 0 Å². The number of amides is 1. The molecule has 5 nitrogen and oxygen atoms in total. The van der Waals surface area contributed by atoms with E-state index in [0.29, 0.717) is 13.0 Å². The Labute approximate surface area is 107 Å². The van der Waals surface area contributed by atoms with Crippen LogP contribution in [0.4, 0.5) is 0 Å². The maximum Gasteiger partial charge on any atom is 0.311 e. The van der Waals surface area contributed by atoms with Crippen molar-refractivity contribution in [2.75, 3.05) is 13.2 Å². The van der Waals surface area contributed by atoms with Gasteiger partial charge in [0.25, 0.3) is 0 Å². The zero-order valence-corrected chi connectivity index (χ0v) is 11.2. The van der Waals surface area contributed by atoms with E-state index in [9.17, 15) is 14.4 Å². The molecule has 0 saturated carbocycles. The van der Waals surface area contributed by atoms with E-state index in [1.54, 1.807) is 20.8 Å². The molecule has 0 spiro atoms. The lowest BCUT2D eigenvalue weighted by atomic mass is 9.97. The number of hydrogen-bond donors (Lipinski definition) is 1. The first-order valence-corrected chi connectivity index (χ1v) is 6.27. The minimum atomic E-state index is -0.592. The Morgan fingerprint density at radius 3 is 2.56 bits per heavy atom. The molecule has 1 N–H and O–H groups in total. The van der Waals surface area contributed by atoms with E-state index in [4.69, 9.17) is 4.74 Å². The molecule has 0 aromatic heterocycles. The van der Waals surface area contributed by atoms with E-state index in [0.717, 1.165) is 6.42 Å². The maximum atomic E-state index is 11.5. The fraction of sp³-hybridized carbons (Fsp3) is 0.769. The van der Waals surface area contributed by atoms with Gasteiger partial charge in [-0.3, -0.25) is 14.4 Å². The predicted octanol–water partition coefficient (Wildman–Crippen LogP) is 1.06. The summed E-state index contributed by atoms with van der Waals surface area (Å²) in [6.07, 6.45) is 1.61. The van der Waals surface area contributed by atoms with E-state index in [1.807, 2.05) is 0 Å². The van der Waals surface area contributed by atoms with Gasteiger partial charge in [0.1, 0.15) is 6.61 Å². The van der Waals surface area contributed by atoms with Crippen LogP contribution in [0.25, 0.3) is 0 Å². The van der Waals surface area contributed by atoms with Gasteiger partial charge in [0.2, 0.25) is 5.91 Å². The van der Waals surface area contributed by atoms with Crippen LogP contribution in [0.5, 0.6) is 0 Å². The number of rotatable bonds is 5. The first-order valence-electron chi connectivity index (χ1n) is 6.27. The molecule has 5 heteroatoms. The number of hydrogen-bond acceptors (Lipinski definition) is 4. The van der Waals surface area contributed by atoms with E-state index >= 15 is 0 Å². The number of ether oxygens (including phenoxy) is 1. The van der Waals surface area contributed by atoms with Crippen LogP contribution in [0.1, 0.15) is 40.0 Å². The number of Topliss-reactive ketones (excluding diaryl/α,β-unsaturated/α-hetero) is 1. The molecule has 1 rings (SSSR count). The average molecular weight is 255 g/mol. The molecule has 1 aliphatic heterocycles. The summed E-state index contributed by atoms with van der Waals surface area (Å²) < 4.78 is 4.92. The van der Waals surface area contributed by atoms with Gasteiger partial charge in [-0.15, -0.1) is 0 Å². The minimum Gasteiger partial charge on any atom is -0.457 e. The summed E-state index contributed by atoms with van der Waals surface area (Å²) in [5, 5.41) is 2.73. The fourth-order valence-electron chi connectivity index (χ4n) is 1.69. The third-order valence-electron chi connectivity index (χ3n) is 2.91. The molecule has 0 aromatic carbocycles. The smallest absolute Gasteiger partial charge is 0.311 e.